The van der Waals surface area contributed by atoms with Gasteiger partial charge < -0.3 is 14.8 Å². The number of hydrogen-bond acceptors (Lipinski definition) is 4. The monoisotopic (exact) mass is 328 g/mol. The van der Waals surface area contributed by atoms with Crippen LogP contribution in [-0.4, -0.2) is 30.2 Å². The first-order chi connectivity index (χ1) is 10.6. The molecule has 1 unspecified atom stereocenters. The summed E-state index contributed by atoms with van der Waals surface area (Å²) in [6, 6.07) is 2.16. The highest BCUT2D eigenvalue weighted by molar-refractivity contribution is 5.83. The van der Waals surface area contributed by atoms with E-state index in [0.717, 1.165) is 18.2 Å². The van der Waals surface area contributed by atoms with Crippen LogP contribution in [-0.2, 0) is 15.9 Å². The Labute approximate surface area is 134 Å². The first-order valence-corrected chi connectivity index (χ1v) is 7.26. The zero-order chi connectivity index (χ0) is 17.6. The van der Waals surface area contributed by atoms with Gasteiger partial charge in [-0.05, 0) is 45.4 Å². The van der Waals surface area contributed by atoms with Crippen LogP contribution < -0.4 is 5.32 Å². The lowest BCUT2D eigenvalue weighted by atomic mass is 10.1. The molecule has 0 aliphatic rings. The molecule has 0 saturated carbocycles. The predicted octanol–water partition coefficient (Wildman–Crippen LogP) is 3.41. The van der Waals surface area contributed by atoms with Gasteiger partial charge in [0.1, 0.15) is 23.3 Å². The fourth-order valence-electron chi connectivity index (χ4n) is 1.88. The van der Waals surface area contributed by atoms with Gasteiger partial charge in [-0.2, -0.15) is 0 Å². The van der Waals surface area contributed by atoms with E-state index in [1.54, 1.807) is 27.7 Å². The Bertz CT molecular complexity index is 551. The normalized spacial score (nSPS) is 12.4. The molecule has 2 N–H and O–H groups in total. The van der Waals surface area contributed by atoms with Crippen molar-refractivity contribution in [2.24, 2.45) is 0 Å². The Hall–Kier alpha value is -2.18. The number of benzene rings is 1. The highest BCUT2D eigenvalue weighted by atomic mass is 19.1. The van der Waals surface area contributed by atoms with Gasteiger partial charge in [0.2, 0.25) is 5.90 Å². The van der Waals surface area contributed by atoms with Crippen molar-refractivity contribution < 1.29 is 23.0 Å². The van der Waals surface area contributed by atoms with Crippen molar-refractivity contribution in [3.63, 3.8) is 0 Å². The van der Waals surface area contributed by atoms with Crippen LogP contribution >= 0.6 is 0 Å². The van der Waals surface area contributed by atoms with Crippen molar-refractivity contribution in [2.45, 2.75) is 45.8 Å². The number of amides is 1. The minimum Gasteiger partial charge on any atom is -0.480 e. The van der Waals surface area contributed by atoms with Gasteiger partial charge in [0.25, 0.3) is 0 Å². The summed E-state index contributed by atoms with van der Waals surface area (Å²) in [4.78, 5) is 11.9. The van der Waals surface area contributed by atoms with E-state index in [-0.39, 0.29) is 18.9 Å². The van der Waals surface area contributed by atoms with Crippen molar-refractivity contribution in [1.29, 1.82) is 5.41 Å². The second-order valence-corrected chi connectivity index (χ2v) is 5.98. The van der Waals surface area contributed by atoms with Crippen LogP contribution in [0.2, 0.25) is 0 Å². The molecule has 1 atom stereocenters. The van der Waals surface area contributed by atoms with Crippen LogP contribution in [0.3, 0.4) is 0 Å². The number of ether oxygens (including phenoxy) is 2. The zero-order valence-electron chi connectivity index (χ0n) is 13.7. The summed E-state index contributed by atoms with van der Waals surface area (Å²) in [7, 11) is 0. The van der Waals surface area contributed by atoms with Crippen molar-refractivity contribution in [2.75, 3.05) is 6.61 Å². The molecule has 0 aliphatic heterocycles. The van der Waals surface area contributed by atoms with Crippen molar-refractivity contribution >= 4 is 12.0 Å². The Morgan fingerprint density at radius 3 is 2.30 bits per heavy atom. The third kappa shape index (κ3) is 7.08. The Balaban J connectivity index is 2.88. The molecule has 0 radical (unpaired) electrons. The summed E-state index contributed by atoms with van der Waals surface area (Å²) in [6.07, 6.45) is -0.726. The van der Waals surface area contributed by atoms with Crippen molar-refractivity contribution in [3.05, 3.63) is 35.4 Å². The Morgan fingerprint density at radius 1 is 1.26 bits per heavy atom. The average molecular weight is 328 g/mol. The van der Waals surface area contributed by atoms with Crippen molar-refractivity contribution in [3.8, 4) is 0 Å². The van der Waals surface area contributed by atoms with E-state index in [2.05, 4.69) is 5.32 Å². The van der Waals surface area contributed by atoms with E-state index in [4.69, 9.17) is 14.9 Å². The van der Waals surface area contributed by atoms with E-state index in [1.165, 1.54) is 0 Å². The van der Waals surface area contributed by atoms with E-state index in [0.29, 0.717) is 5.56 Å². The molecule has 0 bridgehead atoms. The molecule has 0 spiro atoms. The van der Waals surface area contributed by atoms with Crippen LogP contribution in [0.4, 0.5) is 13.6 Å². The average Bonchev–Trinajstić information content (AvgIpc) is 2.34. The topological polar surface area (TPSA) is 71.4 Å². The van der Waals surface area contributed by atoms with E-state index >= 15 is 0 Å². The highest BCUT2D eigenvalue weighted by Gasteiger charge is 2.23. The van der Waals surface area contributed by atoms with E-state index in [9.17, 15) is 13.6 Å². The molecule has 1 aromatic carbocycles. The second-order valence-electron chi connectivity index (χ2n) is 5.98. The molecule has 0 saturated heterocycles. The van der Waals surface area contributed by atoms with Gasteiger partial charge >= 0.3 is 6.09 Å². The molecular weight excluding hydrogens is 306 g/mol. The molecule has 1 amide bonds. The van der Waals surface area contributed by atoms with Gasteiger partial charge in [0, 0.05) is 12.5 Å². The lowest BCUT2D eigenvalue weighted by molar-refractivity contribution is 0.0512. The Morgan fingerprint density at radius 2 is 1.83 bits per heavy atom. The van der Waals surface area contributed by atoms with Crippen LogP contribution in [0.25, 0.3) is 0 Å². The molecule has 7 heteroatoms. The first-order valence-electron chi connectivity index (χ1n) is 7.26. The highest BCUT2D eigenvalue weighted by Crippen LogP contribution is 2.12. The van der Waals surface area contributed by atoms with Gasteiger partial charge in [0.05, 0.1) is 6.61 Å². The third-order valence-corrected chi connectivity index (χ3v) is 2.67. The fourth-order valence-corrected chi connectivity index (χ4v) is 1.88. The lowest BCUT2D eigenvalue weighted by Crippen LogP contribution is -2.45. The van der Waals surface area contributed by atoms with Crippen LogP contribution in [0.15, 0.2) is 18.2 Å². The maximum Gasteiger partial charge on any atom is 0.408 e. The fraction of sp³-hybridized carbons (Fsp3) is 0.500. The minimum absolute atomic E-state index is 0.00670. The number of carbonyl (C=O) groups is 1. The van der Waals surface area contributed by atoms with Gasteiger partial charge in [-0.1, -0.05) is 0 Å². The van der Waals surface area contributed by atoms with E-state index < -0.39 is 29.4 Å². The van der Waals surface area contributed by atoms with Gasteiger partial charge in [-0.25, -0.2) is 13.6 Å². The van der Waals surface area contributed by atoms with Crippen LogP contribution in [0.1, 0.15) is 33.3 Å². The number of alkyl carbamates (subject to hydrolysis) is 1. The number of nitrogens with one attached hydrogen (secondary N) is 2. The molecule has 5 nitrogen and oxygen atoms in total. The number of hydrogen-bond donors (Lipinski definition) is 2. The summed E-state index contributed by atoms with van der Waals surface area (Å²) < 4.78 is 36.8. The number of rotatable bonds is 5. The van der Waals surface area contributed by atoms with Crippen molar-refractivity contribution in [1.82, 2.24) is 5.32 Å². The van der Waals surface area contributed by atoms with Gasteiger partial charge in [-0.15, -0.1) is 0 Å². The Kier molecular flexibility index (Phi) is 6.48. The van der Waals surface area contributed by atoms with E-state index in [1.807, 2.05) is 0 Å². The maximum absolute atomic E-state index is 13.3. The molecule has 23 heavy (non-hydrogen) atoms. The summed E-state index contributed by atoms with van der Waals surface area (Å²) in [5, 5.41) is 10.3. The smallest absolute Gasteiger partial charge is 0.408 e. The second kappa shape index (κ2) is 7.89. The molecule has 128 valence electrons. The summed E-state index contributed by atoms with van der Waals surface area (Å²) >= 11 is 0. The number of carbonyl (C=O) groups excluding carboxylic acids is 1. The van der Waals surface area contributed by atoms with Crippen LogP contribution in [0.5, 0.6) is 0 Å². The standard InChI is InChI=1S/C16H22F2N2O3/c1-5-22-14(19)13(20-15(21)23-16(2,3)4)8-10-6-11(17)9-12(18)7-10/h6-7,9,13,19H,5,8H2,1-4H3,(H,20,21). The summed E-state index contributed by atoms with van der Waals surface area (Å²) in [5.41, 5.74) is -0.402. The molecular formula is C16H22F2N2O3. The first kappa shape index (κ1) is 18.9. The maximum atomic E-state index is 13.3. The largest absolute Gasteiger partial charge is 0.480 e. The molecule has 0 heterocycles. The molecule has 1 aromatic rings. The quantitative estimate of drug-likeness (QED) is 0.643. The zero-order valence-corrected chi connectivity index (χ0v) is 13.7. The van der Waals surface area contributed by atoms with Gasteiger partial charge in [0.15, 0.2) is 0 Å². The van der Waals surface area contributed by atoms with Gasteiger partial charge in [-0.3, -0.25) is 5.41 Å². The summed E-state index contributed by atoms with van der Waals surface area (Å²) in [6.45, 7) is 7.05. The molecule has 1 rings (SSSR count). The predicted molar refractivity (Wildman–Crippen MR) is 82.6 cm³/mol. The molecule has 0 fully saturated rings. The third-order valence-electron chi connectivity index (χ3n) is 2.67. The SMILES string of the molecule is CCOC(=N)C(Cc1cc(F)cc(F)c1)NC(=O)OC(C)(C)C. The molecule has 0 aliphatic carbocycles. The number of halogens is 2. The van der Waals surface area contributed by atoms with Crippen LogP contribution in [0, 0.1) is 17.0 Å². The minimum atomic E-state index is -0.883. The molecule has 0 aromatic heterocycles. The summed E-state index contributed by atoms with van der Waals surface area (Å²) in [5.74, 6) is -1.65. The lowest BCUT2D eigenvalue weighted by Gasteiger charge is -2.24.